The fourth-order valence-corrected chi connectivity index (χ4v) is 3.29. The van der Waals surface area contributed by atoms with Crippen molar-refractivity contribution in [3.63, 3.8) is 0 Å². The van der Waals surface area contributed by atoms with E-state index in [1.807, 2.05) is 24.3 Å². The highest BCUT2D eigenvalue weighted by atomic mass is 16.3. The van der Waals surface area contributed by atoms with Crippen molar-refractivity contribution in [3.05, 3.63) is 71.8 Å². The van der Waals surface area contributed by atoms with Gasteiger partial charge < -0.3 is 16.2 Å². The first-order valence-electron chi connectivity index (χ1n) is 8.02. The van der Waals surface area contributed by atoms with Crippen LogP contribution in [0.2, 0.25) is 0 Å². The van der Waals surface area contributed by atoms with Gasteiger partial charge in [0.1, 0.15) is 0 Å². The summed E-state index contributed by atoms with van der Waals surface area (Å²) >= 11 is 0. The summed E-state index contributed by atoms with van der Waals surface area (Å²) in [5.41, 5.74) is 8.68. The number of hydrogen-bond donors (Lipinski definition) is 3. The number of hydrogen-bond acceptors (Lipinski definition) is 3. The van der Waals surface area contributed by atoms with Crippen LogP contribution in [0.15, 0.2) is 60.7 Å². The molecule has 1 heterocycles. The molecule has 3 rings (SSSR count). The summed E-state index contributed by atoms with van der Waals surface area (Å²) in [4.78, 5) is 0. The van der Waals surface area contributed by atoms with Crippen molar-refractivity contribution >= 4 is 0 Å². The van der Waals surface area contributed by atoms with Gasteiger partial charge in [-0.15, -0.1) is 0 Å². The molecule has 22 heavy (non-hydrogen) atoms. The van der Waals surface area contributed by atoms with E-state index >= 15 is 0 Å². The lowest BCUT2D eigenvalue weighted by atomic mass is 9.96. The Kier molecular flexibility index (Phi) is 4.88. The number of benzene rings is 2. The average Bonchev–Trinajstić information content (AvgIpc) is 3.06. The third kappa shape index (κ3) is 3.55. The van der Waals surface area contributed by atoms with E-state index in [4.69, 9.17) is 5.73 Å². The highest BCUT2D eigenvalue weighted by Crippen LogP contribution is 2.28. The molecule has 4 unspecified atom stereocenters. The molecule has 1 saturated heterocycles. The van der Waals surface area contributed by atoms with Gasteiger partial charge in [0.05, 0.1) is 6.10 Å². The molecule has 0 radical (unpaired) electrons. The van der Waals surface area contributed by atoms with Gasteiger partial charge in [-0.25, -0.2) is 0 Å². The van der Waals surface area contributed by atoms with Crippen LogP contribution < -0.4 is 11.1 Å². The number of rotatable bonds is 5. The minimum Gasteiger partial charge on any atom is -0.390 e. The molecule has 3 nitrogen and oxygen atoms in total. The van der Waals surface area contributed by atoms with Crippen molar-refractivity contribution in [2.24, 2.45) is 5.73 Å². The van der Waals surface area contributed by atoms with Gasteiger partial charge in [-0.2, -0.15) is 0 Å². The Labute approximate surface area is 132 Å². The zero-order valence-electron chi connectivity index (χ0n) is 12.7. The molecular formula is C19H24N2O. The van der Waals surface area contributed by atoms with Gasteiger partial charge in [0.25, 0.3) is 0 Å². The number of nitrogens with one attached hydrogen (secondary N) is 1. The molecule has 1 aliphatic heterocycles. The summed E-state index contributed by atoms with van der Waals surface area (Å²) < 4.78 is 0. The van der Waals surface area contributed by atoms with Crippen LogP contribution >= 0.6 is 0 Å². The van der Waals surface area contributed by atoms with Gasteiger partial charge in [-0.1, -0.05) is 60.7 Å². The van der Waals surface area contributed by atoms with Crippen molar-refractivity contribution in [2.75, 3.05) is 0 Å². The van der Waals surface area contributed by atoms with E-state index in [1.165, 1.54) is 11.1 Å². The van der Waals surface area contributed by atoms with Crippen molar-refractivity contribution in [1.29, 1.82) is 0 Å². The molecule has 3 heteroatoms. The maximum atomic E-state index is 10.6. The second-order valence-corrected chi connectivity index (χ2v) is 6.16. The van der Waals surface area contributed by atoms with E-state index in [0.29, 0.717) is 12.5 Å². The highest BCUT2D eigenvalue weighted by molar-refractivity contribution is 5.21. The largest absolute Gasteiger partial charge is 0.390 e. The summed E-state index contributed by atoms with van der Waals surface area (Å²) in [5.74, 6) is 0. The van der Waals surface area contributed by atoms with Crippen molar-refractivity contribution in [1.82, 2.24) is 5.32 Å². The molecule has 0 spiro atoms. The molecule has 2 aromatic carbocycles. The van der Waals surface area contributed by atoms with Crippen LogP contribution in [0, 0.1) is 0 Å². The van der Waals surface area contributed by atoms with Crippen LogP contribution in [-0.4, -0.2) is 23.3 Å². The van der Waals surface area contributed by atoms with Crippen molar-refractivity contribution < 1.29 is 5.11 Å². The molecule has 0 bridgehead atoms. The lowest BCUT2D eigenvalue weighted by Gasteiger charge is -2.25. The molecule has 116 valence electrons. The molecule has 4 atom stereocenters. The van der Waals surface area contributed by atoms with Crippen LogP contribution in [-0.2, 0) is 6.42 Å². The van der Waals surface area contributed by atoms with Gasteiger partial charge >= 0.3 is 0 Å². The number of aliphatic hydroxyl groups is 1. The average molecular weight is 296 g/mol. The molecule has 1 fully saturated rings. The highest BCUT2D eigenvalue weighted by Gasteiger charge is 2.32. The zero-order valence-corrected chi connectivity index (χ0v) is 12.7. The summed E-state index contributed by atoms with van der Waals surface area (Å²) in [6, 6.07) is 20.7. The van der Waals surface area contributed by atoms with Gasteiger partial charge in [0.2, 0.25) is 0 Å². The van der Waals surface area contributed by atoms with E-state index in [2.05, 4.69) is 41.7 Å². The summed E-state index contributed by atoms with van der Waals surface area (Å²) in [6.45, 7) is 0. The van der Waals surface area contributed by atoms with E-state index in [-0.39, 0.29) is 12.1 Å². The minimum absolute atomic E-state index is 0.0731. The minimum atomic E-state index is -0.520. The lowest BCUT2D eigenvalue weighted by molar-refractivity contribution is 0.106. The molecule has 0 saturated carbocycles. The maximum Gasteiger partial charge on any atom is 0.0847 e. The van der Waals surface area contributed by atoms with Crippen LogP contribution in [0.5, 0.6) is 0 Å². The fourth-order valence-electron chi connectivity index (χ4n) is 3.29. The lowest BCUT2D eigenvalue weighted by Crippen LogP contribution is -2.48. The molecule has 0 aromatic heterocycles. The maximum absolute atomic E-state index is 10.6. The van der Waals surface area contributed by atoms with E-state index < -0.39 is 6.10 Å². The van der Waals surface area contributed by atoms with Crippen LogP contribution in [0.3, 0.4) is 0 Å². The Morgan fingerprint density at radius 2 is 1.64 bits per heavy atom. The molecule has 0 aliphatic carbocycles. The SMILES string of the molecule is NC(Cc1ccccc1)C(O)C1CCC(c2ccccc2)N1. The Balaban J connectivity index is 1.58. The number of aliphatic hydroxyl groups excluding tert-OH is 1. The van der Waals surface area contributed by atoms with E-state index in [1.54, 1.807) is 0 Å². The summed E-state index contributed by atoms with van der Waals surface area (Å²) in [5, 5.41) is 14.1. The third-order valence-corrected chi connectivity index (χ3v) is 4.55. The third-order valence-electron chi connectivity index (χ3n) is 4.55. The Bertz CT molecular complexity index is 573. The Morgan fingerprint density at radius 1 is 1.00 bits per heavy atom. The van der Waals surface area contributed by atoms with Crippen LogP contribution in [0.25, 0.3) is 0 Å². The predicted molar refractivity (Wildman–Crippen MR) is 89.5 cm³/mol. The van der Waals surface area contributed by atoms with Crippen LogP contribution in [0.4, 0.5) is 0 Å². The molecule has 2 aromatic rings. The van der Waals surface area contributed by atoms with Gasteiger partial charge in [0.15, 0.2) is 0 Å². The summed E-state index contributed by atoms with van der Waals surface area (Å²) in [6.07, 6.45) is 2.19. The Hall–Kier alpha value is -1.68. The van der Waals surface area contributed by atoms with Gasteiger partial charge in [-0.3, -0.25) is 0 Å². The zero-order chi connectivity index (χ0) is 15.4. The second-order valence-electron chi connectivity index (χ2n) is 6.16. The monoisotopic (exact) mass is 296 g/mol. The molecule has 1 aliphatic rings. The van der Waals surface area contributed by atoms with Gasteiger partial charge in [0, 0.05) is 18.1 Å². The first-order chi connectivity index (χ1) is 10.7. The van der Waals surface area contributed by atoms with Crippen molar-refractivity contribution in [3.8, 4) is 0 Å². The first-order valence-corrected chi connectivity index (χ1v) is 8.02. The number of nitrogens with two attached hydrogens (primary N) is 1. The molecule has 4 N–H and O–H groups in total. The fraction of sp³-hybridized carbons (Fsp3) is 0.368. The summed E-state index contributed by atoms with van der Waals surface area (Å²) in [7, 11) is 0. The molecular weight excluding hydrogens is 272 g/mol. The van der Waals surface area contributed by atoms with Crippen LogP contribution in [0.1, 0.15) is 30.0 Å². The van der Waals surface area contributed by atoms with E-state index in [9.17, 15) is 5.11 Å². The second kappa shape index (κ2) is 7.05. The van der Waals surface area contributed by atoms with Gasteiger partial charge in [-0.05, 0) is 30.4 Å². The Morgan fingerprint density at radius 3 is 2.32 bits per heavy atom. The predicted octanol–water partition coefficient (Wildman–Crippen LogP) is 2.41. The standard InChI is InChI=1S/C19H24N2O/c20-16(13-14-7-3-1-4-8-14)19(22)18-12-11-17(21-18)15-9-5-2-6-10-15/h1-10,16-19,21-22H,11-13,20H2. The molecule has 0 amide bonds. The van der Waals surface area contributed by atoms with E-state index in [0.717, 1.165) is 12.8 Å². The first kappa shape index (κ1) is 15.2. The normalized spacial score (nSPS) is 24.1. The smallest absolute Gasteiger partial charge is 0.0847 e. The topological polar surface area (TPSA) is 58.3 Å². The quantitative estimate of drug-likeness (QED) is 0.794. The van der Waals surface area contributed by atoms with Crippen molar-refractivity contribution in [2.45, 2.75) is 43.5 Å².